The average Bonchev–Trinajstić information content (AvgIpc) is 2.32. The van der Waals surface area contributed by atoms with Crippen LogP contribution in [0, 0.1) is 12.3 Å². The summed E-state index contributed by atoms with van der Waals surface area (Å²) in [5, 5.41) is 21.5. The molecule has 1 aliphatic rings. The smallest absolute Gasteiger partial charge is 0.140 e. The van der Waals surface area contributed by atoms with E-state index in [4.69, 9.17) is 5.41 Å². The lowest BCUT2D eigenvalue weighted by Gasteiger charge is -2.10. The Kier molecular flexibility index (Phi) is 3.23. The lowest BCUT2D eigenvalue weighted by molar-refractivity contribution is 0.477. The Labute approximate surface area is 100 Å². The molecule has 1 aliphatic carbocycles. The van der Waals surface area contributed by atoms with Crippen LogP contribution in [0.1, 0.15) is 18.4 Å². The lowest BCUT2D eigenvalue weighted by atomic mass is 10.0. The number of rotatable bonds is 2. The topological polar surface area (TPSA) is 68.5 Å². The fraction of sp³-hybridized carbons (Fsp3) is 0.231. The van der Waals surface area contributed by atoms with Crippen LogP contribution in [0.25, 0.3) is 0 Å². The van der Waals surface area contributed by atoms with Crippen LogP contribution in [0.4, 0.5) is 5.69 Å². The molecule has 2 rings (SSSR count). The number of phenols is 1. The average molecular weight is 229 g/mol. The summed E-state index contributed by atoms with van der Waals surface area (Å²) in [5.41, 5.74) is 5.57. The number of nitrogens with one attached hydrogen (secondary N) is 2. The number of benzene rings is 1. The maximum Gasteiger partial charge on any atom is 0.140 e. The fourth-order valence-electron chi connectivity index (χ4n) is 1.64. The molecule has 1 aromatic rings. The van der Waals surface area contributed by atoms with Gasteiger partial charge in [-0.25, -0.2) is 0 Å². The highest BCUT2D eigenvalue weighted by Crippen LogP contribution is 2.23. The van der Waals surface area contributed by atoms with Gasteiger partial charge in [-0.2, -0.15) is 5.10 Å². The van der Waals surface area contributed by atoms with E-state index in [0.717, 1.165) is 18.4 Å². The van der Waals surface area contributed by atoms with E-state index in [9.17, 15) is 5.11 Å². The normalized spacial score (nSPS) is 17.5. The molecule has 0 aromatic heterocycles. The third kappa shape index (κ3) is 2.72. The molecule has 0 spiro atoms. The minimum absolute atomic E-state index is 0.165. The van der Waals surface area contributed by atoms with Crippen molar-refractivity contribution in [1.82, 2.24) is 0 Å². The Hall–Kier alpha value is -2.10. The molecule has 0 amide bonds. The van der Waals surface area contributed by atoms with Crippen molar-refractivity contribution >= 4 is 17.1 Å². The monoisotopic (exact) mass is 229 g/mol. The highest BCUT2D eigenvalue weighted by atomic mass is 16.3. The standard InChI is InChI=1S/C13H15N3O/c1-9-6-7-13(17)12(8-9)16-15-11-5-3-2-4-10(11)14/h2,4,6-8,14,16-17H,3,5H2,1H3. The largest absolute Gasteiger partial charge is 0.506 e. The molecule has 0 saturated carbocycles. The third-order valence-corrected chi connectivity index (χ3v) is 2.61. The first-order valence-corrected chi connectivity index (χ1v) is 5.54. The van der Waals surface area contributed by atoms with E-state index in [0.29, 0.717) is 17.1 Å². The van der Waals surface area contributed by atoms with E-state index in [1.807, 2.05) is 25.1 Å². The van der Waals surface area contributed by atoms with Crippen LogP contribution in [-0.4, -0.2) is 16.5 Å². The van der Waals surface area contributed by atoms with Gasteiger partial charge in [-0.05, 0) is 43.5 Å². The number of allylic oxidation sites excluding steroid dienone is 2. The Balaban J connectivity index is 2.16. The van der Waals surface area contributed by atoms with Crippen molar-refractivity contribution in [2.24, 2.45) is 5.10 Å². The maximum atomic E-state index is 9.63. The molecule has 0 bridgehead atoms. The third-order valence-electron chi connectivity index (χ3n) is 2.61. The van der Waals surface area contributed by atoms with Crippen molar-refractivity contribution in [3.63, 3.8) is 0 Å². The first kappa shape index (κ1) is 11.4. The molecule has 3 N–H and O–H groups in total. The van der Waals surface area contributed by atoms with E-state index >= 15 is 0 Å². The number of aryl methyl sites for hydroxylation is 1. The van der Waals surface area contributed by atoms with Gasteiger partial charge in [0, 0.05) is 0 Å². The number of aromatic hydroxyl groups is 1. The number of anilines is 1. The van der Waals surface area contributed by atoms with Crippen LogP contribution >= 0.6 is 0 Å². The SMILES string of the molecule is Cc1ccc(O)c(NN=C2CCC=CC2=N)c1. The molecule has 17 heavy (non-hydrogen) atoms. The number of hydrazone groups is 1. The van der Waals surface area contributed by atoms with Crippen LogP contribution in [0.2, 0.25) is 0 Å². The predicted molar refractivity (Wildman–Crippen MR) is 70.0 cm³/mol. The van der Waals surface area contributed by atoms with Crippen molar-refractivity contribution in [2.45, 2.75) is 19.8 Å². The summed E-state index contributed by atoms with van der Waals surface area (Å²) >= 11 is 0. The maximum absolute atomic E-state index is 9.63. The zero-order chi connectivity index (χ0) is 12.3. The highest BCUT2D eigenvalue weighted by Gasteiger charge is 2.08. The summed E-state index contributed by atoms with van der Waals surface area (Å²) in [6, 6.07) is 5.28. The first-order chi connectivity index (χ1) is 8.16. The zero-order valence-electron chi connectivity index (χ0n) is 9.70. The molecule has 0 atom stereocenters. The summed E-state index contributed by atoms with van der Waals surface area (Å²) in [7, 11) is 0. The Morgan fingerprint density at radius 3 is 3.00 bits per heavy atom. The Bertz CT molecular complexity index is 503. The van der Waals surface area contributed by atoms with E-state index in [-0.39, 0.29) is 5.75 Å². The quantitative estimate of drug-likeness (QED) is 0.539. The van der Waals surface area contributed by atoms with Crippen molar-refractivity contribution in [1.29, 1.82) is 5.41 Å². The van der Waals surface area contributed by atoms with Crippen LogP contribution in [-0.2, 0) is 0 Å². The molecular weight excluding hydrogens is 214 g/mol. The molecule has 0 unspecified atom stereocenters. The molecule has 4 nitrogen and oxygen atoms in total. The van der Waals surface area contributed by atoms with Gasteiger partial charge < -0.3 is 5.11 Å². The molecule has 1 aromatic carbocycles. The molecule has 0 aliphatic heterocycles. The van der Waals surface area contributed by atoms with Crippen LogP contribution in [0.15, 0.2) is 35.5 Å². The predicted octanol–water partition coefficient (Wildman–Crippen LogP) is 2.84. The van der Waals surface area contributed by atoms with Gasteiger partial charge in [-0.15, -0.1) is 0 Å². The molecule has 0 fully saturated rings. The minimum atomic E-state index is 0.165. The minimum Gasteiger partial charge on any atom is -0.506 e. The second-order valence-electron chi connectivity index (χ2n) is 4.05. The molecule has 0 saturated heterocycles. The number of phenolic OH excluding ortho intramolecular Hbond substituents is 1. The summed E-state index contributed by atoms with van der Waals surface area (Å²) in [5.74, 6) is 0.165. The second kappa shape index (κ2) is 4.82. The second-order valence-corrected chi connectivity index (χ2v) is 4.05. The van der Waals surface area contributed by atoms with Gasteiger partial charge in [0.1, 0.15) is 5.75 Å². The van der Waals surface area contributed by atoms with Gasteiger partial charge in [-0.1, -0.05) is 12.1 Å². The molecule has 0 heterocycles. The van der Waals surface area contributed by atoms with Gasteiger partial charge >= 0.3 is 0 Å². The van der Waals surface area contributed by atoms with Crippen molar-refractivity contribution < 1.29 is 5.11 Å². The molecular formula is C13H15N3O. The van der Waals surface area contributed by atoms with Crippen molar-refractivity contribution in [3.8, 4) is 5.75 Å². The van der Waals surface area contributed by atoms with Crippen LogP contribution < -0.4 is 5.43 Å². The van der Waals surface area contributed by atoms with Gasteiger partial charge in [0.25, 0.3) is 0 Å². The highest BCUT2D eigenvalue weighted by molar-refractivity contribution is 6.46. The summed E-state index contributed by atoms with van der Waals surface area (Å²) < 4.78 is 0. The number of nitrogens with zero attached hydrogens (tertiary/aromatic N) is 1. The number of hydrogen-bond acceptors (Lipinski definition) is 4. The first-order valence-electron chi connectivity index (χ1n) is 5.54. The van der Waals surface area contributed by atoms with E-state index in [1.165, 1.54) is 0 Å². The summed E-state index contributed by atoms with van der Waals surface area (Å²) in [6.45, 7) is 1.95. The van der Waals surface area contributed by atoms with Gasteiger partial charge in [-0.3, -0.25) is 10.8 Å². The summed E-state index contributed by atoms with van der Waals surface area (Å²) in [4.78, 5) is 0. The van der Waals surface area contributed by atoms with Gasteiger partial charge in [0.2, 0.25) is 0 Å². The van der Waals surface area contributed by atoms with E-state index in [2.05, 4.69) is 10.5 Å². The van der Waals surface area contributed by atoms with E-state index < -0.39 is 0 Å². The molecule has 0 radical (unpaired) electrons. The lowest BCUT2D eigenvalue weighted by Crippen LogP contribution is -2.15. The summed E-state index contributed by atoms with van der Waals surface area (Å²) in [6.07, 6.45) is 5.38. The van der Waals surface area contributed by atoms with Crippen LogP contribution in [0.3, 0.4) is 0 Å². The van der Waals surface area contributed by atoms with Crippen molar-refractivity contribution in [3.05, 3.63) is 35.9 Å². The van der Waals surface area contributed by atoms with E-state index in [1.54, 1.807) is 12.1 Å². The van der Waals surface area contributed by atoms with Crippen molar-refractivity contribution in [2.75, 3.05) is 5.43 Å². The number of hydrogen-bond donors (Lipinski definition) is 3. The Morgan fingerprint density at radius 1 is 1.41 bits per heavy atom. The molecule has 4 heteroatoms. The molecule has 88 valence electrons. The zero-order valence-corrected chi connectivity index (χ0v) is 9.70. The fourth-order valence-corrected chi connectivity index (χ4v) is 1.64. The van der Waals surface area contributed by atoms with Gasteiger partial charge in [0.15, 0.2) is 0 Å². The van der Waals surface area contributed by atoms with Gasteiger partial charge in [0.05, 0.1) is 17.1 Å². The van der Waals surface area contributed by atoms with Crippen LogP contribution in [0.5, 0.6) is 5.75 Å². The Morgan fingerprint density at radius 2 is 2.24 bits per heavy atom.